The van der Waals surface area contributed by atoms with E-state index in [4.69, 9.17) is 4.52 Å². The lowest BCUT2D eigenvalue weighted by Gasteiger charge is -2.05. The number of amides is 1. The predicted molar refractivity (Wildman–Crippen MR) is 80.9 cm³/mol. The molecule has 0 aliphatic carbocycles. The van der Waals surface area contributed by atoms with Crippen molar-refractivity contribution in [3.8, 4) is 0 Å². The second-order valence-corrected chi connectivity index (χ2v) is 5.56. The van der Waals surface area contributed by atoms with Crippen LogP contribution in [-0.2, 0) is 11.3 Å². The lowest BCUT2D eigenvalue weighted by Crippen LogP contribution is -2.23. The van der Waals surface area contributed by atoms with Crippen LogP contribution in [0.3, 0.4) is 0 Å². The molecule has 1 amide bonds. The molecule has 114 valence electrons. The Morgan fingerprint density at radius 2 is 2.27 bits per heavy atom. The minimum atomic E-state index is -0.250. The van der Waals surface area contributed by atoms with Crippen molar-refractivity contribution >= 4 is 33.5 Å². The molecule has 0 aliphatic heterocycles. The maximum Gasteiger partial charge on any atom is 0.263 e. The standard InChI is InChI=1S/C13H13N5O3S/c1-7-5-9(16-21-7)15-10(19)3-4-18-6-14-12-11(13(18)20)8(2)17-22-12/h5-6H,3-4H2,1-2H3,(H,15,16,19). The highest BCUT2D eigenvalue weighted by molar-refractivity contribution is 7.12. The Bertz CT molecular complexity index is 895. The summed E-state index contributed by atoms with van der Waals surface area (Å²) in [6.45, 7) is 3.74. The summed E-state index contributed by atoms with van der Waals surface area (Å²) >= 11 is 1.19. The Labute approximate surface area is 128 Å². The van der Waals surface area contributed by atoms with E-state index >= 15 is 0 Å². The van der Waals surface area contributed by atoms with E-state index < -0.39 is 0 Å². The number of rotatable bonds is 4. The number of nitrogens with one attached hydrogen (secondary N) is 1. The van der Waals surface area contributed by atoms with Crippen molar-refractivity contribution in [3.63, 3.8) is 0 Å². The van der Waals surface area contributed by atoms with Gasteiger partial charge >= 0.3 is 0 Å². The molecule has 3 rings (SSSR count). The van der Waals surface area contributed by atoms with Crippen molar-refractivity contribution in [2.24, 2.45) is 0 Å². The first-order chi connectivity index (χ1) is 10.5. The molecule has 9 heteroatoms. The molecule has 0 aliphatic rings. The van der Waals surface area contributed by atoms with E-state index in [9.17, 15) is 9.59 Å². The maximum absolute atomic E-state index is 12.3. The summed E-state index contributed by atoms with van der Waals surface area (Å²) in [5.74, 6) is 0.725. The van der Waals surface area contributed by atoms with Gasteiger partial charge < -0.3 is 9.84 Å². The quantitative estimate of drug-likeness (QED) is 0.781. The number of anilines is 1. The molecule has 0 saturated carbocycles. The van der Waals surface area contributed by atoms with Crippen molar-refractivity contribution in [1.82, 2.24) is 19.1 Å². The normalized spacial score (nSPS) is 11.0. The van der Waals surface area contributed by atoms with Crippen molar-refractivity contribution in [2.45, 2.75) is 26.8 Å². The van der Waals surface area contributed by atoms with E-state index in [-0.39, 0.29) is 24.4 Å². The Morgan fingerprint density at radius 1 is 1.45 bits per heavy atom. The first kappa shape index (κ1) is 14.4. The summed E-state index contributed by atoms with van der Waals surface area (Å²) in [6.07, 6.45) is 1.57. The number of carbonyl (C=O) groups excluding carboxylic acids is 1. The van der Waals surface area contributed by atoms with Crippen molar-refractivity contribution < 1.29 is 9.32 Å². The molecule has 0 bridgehead atoms. The summed E-state index contributed by atoms with van der Waals surface area (Å²) in [4.78, 5) is 29.0. The van der Waals surface area contributed by atoms with Gasteiger partial charge in [0, 0.05) is 19.0 Å². The minimum absolute atomic E-state index is 0.135. The number of nitrogens with zero attached hydrogens (tertiary/aromatic N) is 4. The SMILES string of the molecule is Cc1cc(NC(=O)CCn2cnc3snc(C)c3c2=O)no1. The van der Waals surface area contributed by atoms with Crippen LogP contribution in [0, 0.1) is 13.8 Å². The highest BCUT2D eigenvalue weighted by atomic mass is 32.1. The van der Waals surface area contributed by atoms with E-state index in [1.54, 1.807) is 19.9 Å². The largest absolute Gasteiger partial charge is 0.360 e. The third-order valence-corrected chi connectivity index (χ3v) is 3.96. The Morgan fingerprint density at radius 3 is 3.00 bits per heavy atom. The first-order valence-corrected chi connectivity index (χ1v) is 7.36. The summed E-state index contributed by atoms with van der Waals surface area (Å²) in [5.41, 5.74) is 0.482. The zero-order chi connectivity index (χ0) is 15.7. The van der Waals surface area contributed by atoms with Crippen LogP contribution in [0.5, 0.6) is 0 Å². The van der Waals surface area contributed by atoms with Gasteiger partial charge in [-0.15, -0.1) is 0 Å². The Hall–Kier alpha value is -2.55. The van der Waals surface area contributed by atoms with E-state index in [0.717, 1.165) is 0 Å². The lowest BCUT2D eigenvalue weighted by atomic mass is 10.3. The Balaban J connectivity index is 1.71. The topological polar surface area (TPSA) is 103 Å². The minimum Gasteiger partial charge on any atom is -0.360 e. The smallest absolute Gasteiger partial charge is 0.263 e. The fraction of sp³-hybridized carbons (Fsp3) is 0.308. The van der Waals surface area contributed by atoms with Gasteiger partial charge in [0.1, 0.15) is 5.76 Å². The van der Waals surface area contributed by atoms with Crippen molar-refractivity contribution in [2.75, 3.05) is 5.32 Å². The second kappa shape index (κ2) is 5.68. The molecular formula is C13H13N5O3S. The van der Waals surface area contributed by atoms with E-state index in [1.807, 2.05) is 0 Å². The highest BCUT2D eigenvalue weighted by Crippen LogP contribution is 2.15. The number of hydrogen-bond acceptors (Lipinski definition) is 7. The second-order valence-electron chi connectivity index (χ2n) is 4.81. The third-order valence-electron chi connectivity index (χ3n) is 3.11. The van der Waals surface area contributed by atoms with Gasteiger partial charge in [0.15, 0.2) is 10.6 Å². The van der Waals surface area contributed by atoms with Crippen molar-refractivity contribution in [3.05, 3.63) is 34.2 Å². The number of carbonyl (C=O) groups is 1. The summed E-state index contributed by atoms with van der Waals surface area (Å²) < 4.78 is 10.4. The number of aryl methyl sites for hydroxylation is 3. The van der Waals surface area contributed by atoms with Gasteiger partial charge in [-0.3, -0.25) is 14.2 Å². The molecular weight excluding hydrogens is 306 g/mol. The molecule has 0 atom stereocenters. The predicted octanol–water partition coefficient (Wildman–Crippen LogP) is 1.49. The van der Waals surface area contributed by atoms with Gasteiger partial charge in [0.25, 0.3) is 5.56 Å². The first-order valence-electron chi connectivity index (χ1n) is 6.59. The maximum atomic E-state index is 12.3. The van der Waals surface area contributed by atoms with Crippen LogP contribution >= 0.6 is 11.5 Å². The zero-order valence-corrected chi connectivity index (χ0v) is 12.8. The molecule has 0 spiro atoms. The number of aromatic nitrogens is 4. The molecule has 0 aromatic carbocycles. The number of fused-ring (bicyclic) bond motifs is 1. The van der Waals surface area contributed by atoms with Gasteiger partial charge in [0.2, 0.25) is 5.91 Å². The van der Waals surface area contributed by atoms with Crippen LogP contribution < -0.4 is 10.9 Å². The van der Waals surface area contributed by atoms with Gasteiger partial charge in [-0.05, 0) is 25.4 Å². The average molecular weight is 319 g/mol. The van der Waals surface area contributed by atoms with Gasteiger partial charge in [-0.1, -0.05) is 5.16 Å². The van der Waals surface area contributed by atoms with Crippen LogP contribution in [0.15, 0.2) is 21.7 Å². The van der Waals surface area contributed by atoms with Crippen LogP contribution in [-0.4, -0.2) is 25.0 Å². The van der Waals surface area contributed by atoms with Crippen LogP contribution in [0.1, 0.15) is 17.9 Å². The molecule has 3 aromatic heterocycles. The molecule has 0 radical (unpaired) electrons. The van der Waals surface area contributed by atoms with Crippen LogP contribution in [0.4, 0.5) is 5.82 Å². The van der Waals surface area contributed by atoms with Gasteiger partial charge in [-0.2, -0.15) is 4.37 Å². The summed E-state index contributed by atoms with van der Waals surface area (Å²) in [5, 5.41) is 6.80. The van der Waals surface area contributed by atoms with Gasteiger partial charge in [0.05, 0.1) is 17.4 Å². The van der Waals surface area contributed by atoms with E-state index in [1.165, 1.54) is 22.4 Å². The van der Waals surface area contributed by atoms with E-state index in [0.29, 0.717) is 27.5 Å². The van der Waals surface area contributed by atoms with E-state index in [2.05, 4.69) is 19.8 Å². The summed E-state index contributed by atoms with van der Waals surface area (Å²) in [7, 11) is 0. The fourth-order valence-electron chi connectivity index (χ4n) is 2.02. The molecule has 0 unspecified atom stereocenters. The molecule has 22 heavy (non-hydrogen) atoms. The molecule has 8 nitrogen and oxygen atoms in total. The lowest BCUT2D eigenvalue weighted by molar-refractivity contribution is -0.116. The third kappa shape index (κ3) is 2.75. The van der Waals surface area contributed by atoms with Crippen molar-refractivity contribution in [1.29, 1.82) is 0 Å². The molecule has 1 N–H and O–H groups in total. The zero-order valence-electron chi connectivity index (χ0n) is 12.0. The molecule has 3 aromatic rings. The fourth-order valence-corrected chi connectivity index (χ4v) is 2.76. The summed E-state index contributed by atoms with van der Waals surface area (Å²) in [6, 6.07) is 1.62. The number of hydrogen-bond donors (Lipinski definition) is 1. The monoisotopic (exact) mass is 319 g/mol. The van der Waals surface area contributed by atoms with Crippen LogP contribution in [0.25, 0.3) is 10.2 Å². The van der Waals surface area contributed by atoms with Crippen LogP contribution in [0.2, 0.25) is 0 Å². The molecule has 0 saturated heterocycles. The Kier molecular flexibility index (Phi) is 3.72. The molecule has 0 fully saturated rings. The van der Waals surface area contributed by atoms with Gasteiger partial charge in [-0.25, -0.2) is 4.98 Å². The molecule has 3 heterocycles. The average Bonchev–Trinajstić information content (AvgIpc) is 3.05. The highest BCUT2D eigenvalue weighted by Gasteiger charge is 2.12.